The van der Waals surface area contributed by atoms with Gasteiger partial charge in [0.2, 0.25) is 0 Å². The topological polar surface area (TPSA) is 46.0 Å². The molecule has 2 aromatic rings. The number of H-pyrrole nitrogens is 1. The maximum Gasteiger partial charge on any atom is 0.155 e. The van der Waals surface area contributed by atoms with Crippen molar-refractivity contribution in [2.75, 3.05) is 0 Å². The van der Waals surface area contributed by atoms with Gasteiger partial charge in [-0.1, -0.05) is 13.8 Å². The van der Waals surface area contributed by atoms with Crippen LogP contribution >= 0.6 is 0 Å². The fraction of sp³-hybridized carbons (Fsp3) is 0.500. The molecule has 4 nitrogen and oxygen atoms in total. The molecule has 0 aromatic carbocycles. The Hall–Kier alpha value is -1.32. The molecule has 0 saturated heterocycles. The van der Waals surface area contributed by atoms with Crippen molar-refractivity contribution < 1.29 is 0 Å². The lowest BCUT2D eigenvalue weighted by atomic mass is 10.2. The van der Waals surface area contributed by atoms with Gasteiger partial charge < -0.3 is 4.98 Å². The number of nitrogens with zero attached hydrogens (tertiary/aromatic N) is 3. The van der Waals surface area contributed by atoms with Gasteiger partial charge in [0.05, 0.1) is 5.69 Å². The Morgan fingerprint density at radius 1 is 1.42 bits per heavy atom. The van der Waals surface area contributed by atoms with Crippen molar-refractivity contribution in [2.45, 2.75) is 26.7 Å². The lowest BCUT2D eigenvalue weighted by Gasteiger charge is -1.94. The summed E-state index contributed by atoms with van der Waals surface area (Å²) in [6, 6.07) is 1.98. The van der Waals surface area contributed by atoms with Crippen LogP contribution in [-0.2, 0) is 0 Å². The smallest absolute Gasteiger partial charge is 0.155 e. The monoisotopic (exact) mass is 164 g/mol. The van der Waals surface area contributed by atoms with E-state index in [4.69, 9.17) is 0 Å². The van der Waals surface area contributed by atoms with Crippen LogP contribution in [0.15, 0.2) is 6.07 Å². The van der Waals surface area contributed by atoms with Crippen LogP contribution in [0.5, 0.6) is 0 Å². The Labute approximate surface area is 70.6 Å². The van der Waals surface area contributed by atoms with Crippen molar-refractivity contribution in [2.24, 2.45) is 0 Å². The zero-order valence-corrected chi connectivity index (χ0v) is 7.50. The molecule has 0 bridgehead atoms. The van der Waals surface area contributed by atoms with Gasteiger partial charge in [-0.3, -0.25) is 0 Å². The quantitative estimate of drug-likeness (QED) is 0.694. The predicted molar refractivity (Wildman–Crippen MR) is 46.2 cm³/mol. The summed E-state index contributed by atoms with van der Waals surface area (Å²) in [5.74, 6) is 1.41. The van der Waals surface area contributed by atoms with Gasteiger partial charge in [-0.25, -0.2) is 0 Å². The van der Waals surface area contributed by atoms with Crippen molar-refractivity contribution in [3.8, 4) is 0 Å². The first-order valence-corrected chi connectivity index (χ1v) is 4.09. The molecule has 2 heterocycles. The zero-order chi connectivity index (χ0) is 8.72. The second-order valence-corrected chi connectivity index (χ2v) is 3.33. The molecule has 2 aromatic heterocycles. The first-order valence-electron chi connectivity index (χ1n) is 4.09. The number of aryl methyl sites for hydroxylation is 1. The Balaban J connectivity index is 2.57. The van der Waals surface area contributed by atoms with E-state index in [0.29, 0.717) is 5.92 Å². The molecule has 0 amide bonds. The third-order valence-electron chi connectivity index (χ3n) is 1.82. The zero-order valence-electron chi connectivity index (χ0n) is 7.50. The summed E-state index contributed by atoms with van der Waals surface area (Å²) >= 11 is 0. The Bertz CT molecular complexity index is 365. The predicted octanol–water partition coefficient (Wildman–Crippen LogP) is 1.49. The number of fused-ring (bicyclic) bond motifs is 1. The highest BCUT2D eigenvalue weighted by Gasteiger charge is 2.07. The summed E-state index contributed by atoms with van der Waals surface area (Å²) in [7, 11) is 0. The summed E-state index contributed by atoms with van der Waals surface area (Å²) in [6.45, 7) is 6.16. The van der Waals surface area contributed by atoms with Crippen molar-refractivity contribution in [3.63, 3.8) is 0 Å². The normalized spacial score (nSPS) is 11.7. The van der Waals surface area contributed by atoms with E-state index in [0.717, 1.165) is 17.2 Å². The Morgan fingerprint density at radius 2 is 2.17 bits per heavy atom. The van der Waals surface area contributed by atoms with Gasteiger partial charge in [0.25, 0.3) is 0 Å². The largest absolute Gasteiger partial charge is 0.325 e. The molecule has 0 aliphatic carbocycles. The third kappa shape index (κ3) is 0.995. The van der Waals surface area contributed by atoms with Crippen LogP contribution in [0.4, 0.5) is 0 Å². The Morgan fingerprint density at radius 3 is 2.75 bits per heavy atom. The fourth-order valence-corrected chi connectivity index (χ4v) is 1.17. The third-order valence-corrected chi connectivity index (χ3v) is 1.82. The second-order valence-electron chi connectivity index (χ2n) is 3.33. The molecule has 2 rings (SSSR count). The molecule has 0 spiro atoms. The molecule has 0 aliphatic rings. The van der Waals surface area contributed by atoms with E-state index >= 15 is 0 Å². The number of aromatic amines is 1. The molecule has 0 atom stereocenters. The van der Waals surface area contributed by atoms with E-state index in [9.17, 15) is 0 Å². The number of nitrogens with one attached hydrogen (secondary N) is 1. The lowest BCUT2D eigenvalue weighted by molar-refractivity contribution is 0.725. The van der Waals surface area contributed by atoms with E-state index < -0.39 is 0 Å². The van der Waals surface area contributed by atoms with Crippen LogP contribution in [-0.4, -0.2) is 19.8 Å². The van der Waals surface area contributed by atoms with Crippen LogP contribution in [0.2, 0.25) is 0 Å². The van der Waals surface area contributed by atoms with Gasteiger partial charge in [-0.05, 0) is 6.92 Å². The first-order chi connectivity index (χ1) is 5.66. The maximum absolute atomic E-state index is 4.28. The van der Waals surface area contributed by atoms with Gasteiger partial charge in [0, 0.05) is 12.0 Å². The summed E-state index contributed by atoms with van der Waals surface area (Å²) < 4.78 is 1.64. The van der Waals surface area contributed by atoms with Gasteiger partial charge in [-0.2, -0.15) is 5.10 Å². The van der Waals surface area contributed by atoms with Crippen LogP contribution < -0.4 is 0 Å². The Kier molecular flexibility index (Phi) is 1.43. The molecule has 0 radical (unpaired) electrons. The molecule has 0 unspecified atom stereocenters. The van der Waals surface area contributed by atoms with Crippen LogP contribution in [0, 0.1) is 6.92 Å². The van der Waals surface area contributed by atoms with E-state index in [1.54, 1.807) is 4.63 Å². The minimum absolute atomic E-state index is 0.423. The molecule has 1 N–H and O–H groups in total. The van der Waals surface area contributed by atoms with E-state index in [1.165, 1.54) is 0 Å². The molecular weight excluding hydrogens is 152 g/mol. The van der Waals surface area contributed by atoms with Crippen LogP contribution in [0.3, 0.4) is 0 Å². The first kappa shape index (κ1) is 7.34. The van der Waals surface area contributed by atoms with Crippen molar-refractivity contribution in [1.29, 1.82) is 0 Å². The average Bonchev–Trinajstić information content (AvgIpc) is 2.42. The summed E-state index contributed by atoms with van der Waals surface area (Å²) in [5.41, 5.74) is 1.96. The lowest BCUT2D eigenvalue weighted by Crippen LogP contribution is -1.93. The van der Waals surface area contributed by atoms with E-state index in [1.807, 2.05) is 13.0 Å². The van der Waals surface area contributed by atoms with E-state index in [-0.39, 0.29) is 0 Å². The average molecular weight is 164 g/mol. The number of aromatic nitrogens is 4. The minimum atomic E-state index is 0.423. The summed E-state index contributed by atoms with van der Waals surface area (Å²) in [5, 5.41) is 8.47. The van der Waals surface area contributed by atoms with Gasteiger partial charge >= 0.3 is 0 Å². The minimum Gasteiger partial charge on any atom is -0.325 e. The highest BCUT2D eigenvalue weighted by Crippen LogP contribution is 2.10. The second kappa shape index (κ2) is 2.33. The van der Waals surface area contributed by atoms with Crippen molar-refractivity contribution >= 4 is 5.65 Å². The number of hydrogen-bond acceptors (Lipinski definition) is 2. The standard InChI is InChI=1S/C8H12N4/c1-5(2)8-9-7-4-6(3)10-12(7)11-8/h4-5H,1-3H3,(H,9,11). The highest BCUT2D eigenvalue weighted by molar-refractivity contribution is 5.38. The van der Waals surface area contributed by atoms with Gasteiger partial charge in [0.15, 0.2) is 5.65 Å². The SMILES string of the molecule is Cc1cc2[nH]c(C(C)C)nn2n1. The van der Waals surface area contributed by atoms with Crippen LogP contribution in [0.1, 0.15) is 31.3 Å². The van der Waals surface area contributed by atoms with Gasteiger partial charge in [0.1, 0.15) is 5.82 Å². The number of rotatable bonds is 1. The summed E-state index contributed by atoms with van der Waals surface area (Å²) in [6.07, 6.45) is 0. The van der Waals surface area contributed by atoms with Gasteiger partial charge in [-0.15, -0.1) is 9.73 Å². The molecule has 0 fully saturated rings. The van der Waals surface area contributed by atoms with E-state index in [2.05, 4.69) is 29.0 Å². The molecule has 0 saturated carbocycles. The molecule has 12 heavy (non-hydrogen) atoms. The number of hydrogen-bond donors (Lipinski definition) is 1. The molecular formula is C8H12N4. The molecule has 4 heteroatoms. The van der Waals surface area contributed by atoms with Crippen molar-refractivity contribution in [3.05, 3.63) is 17.6 Å². The maximum atomic E-state index is 4.28. The molecule has 0 aliphatic heterocycles. The van der Waals surface area contributed by atoms with Crippen molar-refractivity contribution in [1.82, 2.24) is 19.8 Å². The molecule has 64 valence electrons. The highest BCUT2D eigenvalue weighted by atomic mass is 15.5. The van der Waals surface area contributed by atoms with Crippen LogP contribution in [0.25, 0.3) is 5.65 Å². The fourth-order valence-electron chi connectivity index (χ4n) is 1.17. The summed E-state index contributed by atoms with van der Waals surface area (Å²) in [4.78, 5) is 3.21.